The fourth-order valence-corrected chi connectivity index (χ4v) is 3.47. The molecule has 0 radical (unpaired) electrons. The molecule has 1 atom stereocenters. The Kier molecular flexibility index (Phi) is 5.53. The summed E-state index contributed by atoms with van der Waals surface area (Å²) in [6.45, 7) is 2.84. The Hall–Kier alpha value is -4.13. The smallest absolute Gasteiger partial charge is 0.339 e. The molecule has 0 aliphatic carbocycles. The summed E-state index contributed by atoms with van der Waals surface area (Å²) in [7, 11) is 0. The number of para-hydroxylation sites is 1. The number of aromatic nitrogens is 3. The minimum absolute atomic E-state index is 0.189. The van der Waals surface area contributed by atoms with Crippen LogP contribution in [0.2, 0.25) is 0 Å². The maximum Gasteiger partial charge on any atom is 0.339 e. The van der Waals surface area contributed by atoms with Gasteiger partial charge in [0.15, 0.2) is 11.9 Å². The zero-order valence-electron chi connectivity index (χ0n) is 17.6. The largest absolute Gasteiger partial charge is 0.489 e. The quantitative estimate of drug-likeness (QED) is 0.464. The van der Waals surface area contributed by atoms with Crippen molar-refractivity contribution in [3.8, 4) is 28.9 Å². The minimum Gasteiger partial charge on any atom is -0.489 e. The number of fused-ring (bicyclic) bond motifs is 3. The van der Waals surface area contributed by atoms with Crippen LogP contribution in [-0.4, -0.2) is 21.8 Å². The van der Waals surface area contributed by atoms with Crippen molar-refractivity contribution in [1.29, 1.82) is 0 Å². The monoisotopic (exact) mass is 426 g/mol. The number of rotatable bonds is 6. The van der Waals surface area contributed by atoms with Gasteiger partial charge in [0.25, 0.3) is 0 Å². The van der Waals surface area contributed by atoms with Crippen molar-refractivity contribution >= 4 is 5.69 Å². The van der Waals surface area contributed by atoms with Crippen LogP contribution in [0.4, 0.5) is 5.69 Å². The molecule has 5 rings (SSSR count). The maximum atomic E-state index is 6.24. The Morgan fingerprint density at radius 1 is 0.875 bits per heavy atom. The van der Waals surface area contributed by atoms with E-state index in [9.17, 15) is 0 Å². The Morgan fingerprint density at radius 2 is 1.66 bits per heavy atom. The van der Waals surface area contributed by atoms with Crippen molar-refractivity contribution in [1.82, 2.24) is 15.2 Å². The van der Waals surface area contributed by atoms with Gasteiger partial charge in [-0.2, -0.15) is 4.98 Å². The first-order valence-electron chi connectivity index (χ1n) is 10.5. The summed E-state index contributed by atoms with van der Waals surface area (Å²) in [4.78, 5) is 4.44. The summed E-state index contributed by atoms with van der Waals surface area (Å²) in [5.74, 6) is 1.16. The number of ether oxygens (including phenoxy) is 3. The van der Waals surface area contributed by atoms with Crippen LogP contribution in [0.5, 0.6) is 17.6 Å². The molecule has 1 aliphatic heterocycles. The van der Waals surface area contributed by atoms with E-state index in [-0.39, 0.29) is 6.01 Å². The fraction of sp³-hybridized carbons (Fsp3) is 0.160. The van der Waals surface area contributed by atoms with Crippen LogP contribution in [-0.2, 0) is 6.61 Å². The highest BCUT2D eigenvalue weighted by atomic mass is 16.5. The van der Waals surface area contributed by atoms with Crippen LogP contribution in [0, 0.1) is 0 Å². The average Bonchev–Trinajstić information content (AvgIpc) is 3.00. The van der Waals surface area contributed by atoms with Crippen LogP contribution in [0.3, 0.4) is 0 Å². The molecule has 0 bridgehead atoms. The van der Waals surface area contributed by atoms with E-state index in [1.54, 1.807) is 0 Å². The third-order valence-electron chi connectivity index (χ3n) is 5.04. The van der Waals surface area contributed by atoms with E-state index in [1.807, 2.05) is 85.8 Å². The van der Waals surface area contributed by atoms with Crippen molar-refractivity contribution in [2.45, 2.75) is 19.8 Å². The molecular formula is C25H22N4O3. The summed E-state index contributed by atoms with van der Waals surface area (Å²) in [5.41, 5.74) is 4.38. The summed E-state index contributed by atoms with van der Waals surface area (Å²) >= 11 is 0. The summed E-state index contributed by atoms with van der Waals surface area (Å²) < 4.78 is 17.6. The number of anilines is 1. The first-order valence-corrected chi connectivity index (χ1v) is 10.5. The third kappa shape index (κ3) is 4.18. The fourth-order valence-electron chi connectivity index (χ4n) is 3.47. The number of nitrogens with one attached hydrogen (secondary N) is 1. The predicted octanol–water partition coefficient (Wildman–Crippen LogP) is 5.02. The van der Waals surface area contributed by atoms with Gasteiger partial charge in [0.1, 0.15) is 12.4 Å². The van der Waals surface area contributed by atoms with E-state index in [0.717, 1.165) is 28.1 Å². The molecular weight excluding hydrogens is 404 g/mol. The Balaban J connectivity index is 1.40. The first kappa shape index (κ1) is 19.8. The average molecular weight is 426 g/mol. The van der Waals surface area contributed by atoms with E-state index < -0.39 is 6.23 Å². The summed E-state index contributed by atoms with van der Waals surface area (Å²) in [5, 5.41) is 11.8. The molecule has 0 saturated heterocycles. The molecule has 0 spiro atoms. The lowest BCUT2D eigenvalue weighted by Gasteiger charge is -2.19. The highest BCUT2D eigenvalue weighted by molar-refractivity contribution is 5.79. The lowest BCUT2D eigenvalue weighted by molar-refractivity contribution is 0.219. The van der Waals surface area contributed by atoms with Crippen LogP contribution < -0.4 is 19.5 Å². The molecule has 3 aromatic carbocycles. The Bertz CT molecular complexity index is 1200. The molecule has 160 valence electrons. The standard InChI is InChI=1S/C25H22N4O3/c1-2-30-25-27-24-22(28-29-25)20-10-6-7-11-21(20)26-23(32-24)18-12-14-19(15-13-18)31-16-17-8-4-3-5-9-17/h3-15,23,26H,2,16H2,1H3. The van der Waals surface area contributed by atoms with E-state index >= 15 is 0 Å². The van der Waals surface area contributed by atoms with Crippen molar-refractivity contribution in [2.75, 3.05) is 11.9 Å². The van der Waals surface area contributed by atoms with Crippen LogP contribution in [0.1, 0.15) is 24.3 Å². The zero-order chi connectivity index (χ0) is 21.8. The van der Waals surface area contributed by atoms with E-state index in [4.69, 9.17) is 14.2 Å². The third-order valence-corrected chi connectivity index (χ3v) is 5.04. The first-order chi connectivity index (χ1) is 15.8. The van der Waals surface area contributed by atoms with Gasteiger partial charge in [-0.25, -0.2) is 0 Å². The highest BCUT2D eigenvalue weighted by Crippen LogP contribution is 2.39. The van der Waals surface area contributed by atoms with Gasteiger partial charge < -0.3 is 19.5 Å². The maximum absolute atomic E-state index is 6.24. The van der Waals surface area contributed by atoms with Crippen LogP contribution >= 0.6 is 0 Å². The predicted molar refractivity (Wildman–Crippen MR) is 121 cm³/mol. The second-order valence-corrected chi connectivity index (χ2v) is 7.21. The molecule has 1 N–H and O–H groups in total. The van der Waals surface area contributed by atoms with Crippen molar-refractivity contribution in [3.63, 3.8) is 0 Å². The second-order valence-electron chi connectivity index (χ2n) is 7.21. The number of hydrogen-bond acceptors (Lipinski definition) is 7. The van der Waals surface area contributed by atoms with Crippen LogP contribution in [0.25, 0.3) is 11.3 Å². The number of benzene rings is 3. The van der Waals surface area contributed by atoms with Gasteiger partial charge >= 0.3 is 6.01 Å². The Labute approximate surface area is 186 Å². The molecule has 0 amide bonds. The lowest BCUT2D eigenvalue weighted by atomic mass is 10.1. The molecule has 1 aliphatic rings. The molecule has 0 saturated carbocycles. The zero-order valence-corrected chi connectivity index (χ0v) is 17.6. The molecule has 2 heterocycles. The van der Waals surface area contributed by atoms with E-state index in [0.29, 0.717) is 24.8 Å². The molecule has 32 heavy (non-hydrogen) atoms. The van der Waals surface area contributed by atoms with Gasteiger partial charge in [-0.15, -0.1) is 5.10 Å². The summed E-state index contributed by atoms with van der Waals surface area (Å²) in [6.07, 6.45) is -0.466. The molecule has 0 fully saturated rings. The normalized spacial score (nSPS) is 14.2. The minimum atomic E-state index is -0.466. The van der Waals surface area contributed by atoms with Crippen molar-refractivity contribution in [2.24, 2.45) is 0 Å². The second kappa shape index (κ2) is 8.93. The van der Waals surface area contributed by atoms with Gasteiger partial charge in [0.05, 0.1) is 6.61 Å². The van der Waals surface area contributed by atoms with Crippen molar-refractivity contribution in [3.05, 3.63) is 90.0 Å². The number of nitrogens with zero attached hydrogens (tertiary/aromatic N) is 3. The molecule has 1 aromatic heterocycles. The molecule has 7 nitrogen and oxygen atoms in total. The lowest BCUT2D eigenvalue weighted by Crippen LogP contribution is -2.17. The number of hydrogen-bond donors (Lipinski definition) is 1. The van der Waals surface area contributed by atoms with Gasteiger partial charge in [-0.05, 0) is 42.8 Å². The molecule has 1 unspecified atom stereocenters. The van der Waals surface area contributed by atoms with Gasteiger partial charge in [-0.1, -0.05) is 53.6 Å². The summed E-state index contributed by atoms with van der Waals surface area (Å²) in [6, 6.07) is 25.9. The topological polar surface area (TPSA) is 78.4 Å². The van der Waals surface area contributed by atoms with Crippen molar-refractivity contribution < 1.29 is 14.2 Å². The highest BCUT2D eigenvalue weighted by Gasteiger charge is 2.26. The van der Waals surface area contributed by atoms with E-state index in [1.165, 1.54) is 0 Å². The molecule has 4 aromatic rings. The molecule has 7 heteroatoms. The van der Waals surface area contributed by atoms with Gasteiger partial charge in [0, 0.05) is 16.8 Å². The van der Waals surface area contributed by atoms with E-state index in [2.05, 4.69) is 20.5 Å². The van der Waals surface area contributed by atoms with Crippen LogP contribution in [0.15, 0.2) is 78.9 Å². The Morgan fingerprint density at radius 3 is 2.47 bits per heavy atom. The van der Waals surface area contributed by atoms with Gasteiger partial charge in [0.2, 0.25) is 5.88 Å². The van der Waals surface area contributed by atoms with Gasteiger partial charge in [-0.3, -0.25) is 0 Å². The SMILES string of the molecule is CCOc1nnc2c(n1)OC(c1ccc(OCc3ccccc3)cc1)Nc1ccccc1-2.